The Kier molecular flexibility index (Phi) is 11.3. The Morgan fingerprint density at radius 3 is 1.19 bits per heavy atom. The van der Waals surface area contributed by atoms with Crippen LogP contribution in [0.5, 0.6) is 0 Å². The second-order valence-corrected chi connectivity index (χ2v) is 14.9. The summed E-state index contributed by atoms with van der Waals surface area (Å²) in [6, 6.07) is 26.6. The molecule has 14 heteroatoms. The van der Waals surface area contributed by atoms with Gasteiger partial charge in [-0.15, -0.1) is 0 Å². The lowest BCUT2D eigenvalue weighted by atomic mass is 10.1. The molecule has 0 unspecified atom stereocenters. The van der Waals surface area contributed by atoms with Crippen LogP contribution in [0.4, 0.5) is 22.7 Å². The number of hydrogen-bond acceptors (Lipinski definition) is 8. The summed E-state index contributed by atoms with van der Waals surface area (Å²) in [7, 11) is 7.83. The molecule has 58 heavy (non-hydrogen) atoms. The first-order valence-corrected chi connectivity index (χ1v) is 19.0. The lowest BCUT2D eigenvalue weighted by molar-refractivity contribution is -0.117. The first kappa shape index (κ1) is 39.3. The third kappa shape index (κ3) is 8.57. The Labute approximate surface area is 333 Å². The number of anilines is 4. The van der Waals surface area contributed by atoms with Gasteiger partial charge in [0, 0.05) is 57.5 Å². The molecule has 0 aliphatic heterocycles. The number of aromatic nitrogens is 2. The van der Waals surface area contributed by atoms with Gasteiger partial charge < -0.3 is 31.1 Å². The maximum Gasteiger partial charge on any atom is 0.280 e. The average molecular weight is 781 g/mol. The van der Waals surface area contributed by atoms with Gasteiger partial charge >= 0.3 is 0 Å². The molecule has 0 aliphatic carbocycles. The Balaban J connectivity index is 1.05. The molecule has 4 aromatic carbocycles. The number of rotatable bonds is 14. The van der Waals surface area contributed by atoms with E-state index in [2.05, 4.69) is 21.3 Å². The second-order valence-electron chi connectivity index (χ2n) is 14.9. The van der Waals surface area contributed by atoms with E-state index in [4.69, 9.17) is 0 Å². The van der Waals surface area contributed by atoms with Gasteiger partial charge in [0.15, 0.2) is 0 Å². The van der Waals surface area contributed by atoms with E-state index < -0.39 is 11.1 Å². The quantitative estimate of drug-likeness (QED) is 0.109. The summed E-state index contributed by atoms with van der Waals surface area (Å²) in [6.07, 6.45) is 2.28. The maximum absolute atomic E-state index is 13.9. The molecule has 0 radical (unpaired) electrons. The fraction of sp³-hybridized carbons (Fsp3) is 0.227. The van der Waals surface area contributed by atoms with E-state index >= 15 is 0 Å². The van der Waals surface area contributed by atoms with Crippen LogP contribution < -0.4 is 32.4 Å². The first-order chi connectivity index (χ1) is 27.8. The van der Waals surface area contributed by atoms with Gasteiger partial charge in [-0.05, 0) is 151 Å². The maximum atomic E-state index is 13.9. The van der Waals surface area contributed by atoms with Gasteiger partial charge in [-0.2, -0.15) is 0 Å². The molecule has 3 heterocycles. The molecule has 3 aromatic heterocycles. The molecule has 7 rings (SSSR count). The summed E-state index contributed by atoms with van der Waals surface area (Å²) in [5.74, 6) is -0.902. The van der Waals surface area contributed by atoms with Crippen LogP contribution in [0, 0.1) is 0 Å². The molecule has 0 saturated carbocycles. The van der Waals surface area contributed by atoms with Gasteiger partial charge in [-0.25, -0.2) is 0 Å². The van der Waals surface area contributed by atoms with E-state index in [1.807, 2.05) is 38.0 Å². The van der Waals surface area contributed by atoms with Gasteiger partial charge in [-0.1, -0.05) is 0 Å². The van der Waals surface area contributed by atoms with Crippen molar-refractivity contribution >= 4 is 79.2 Å². The number of benzene rings is 4. The summed E-state index contributed by atoms with van der Waals surface area (Å²) >= 11 is 0. The number of amides is 4. The number of carbonyl (C=O) groups excluding carboxylic acids is 4. The van der Waals surface area contributed by atoms with Crippen LogP contribution in [-0.2, 0) is 9.59 Å². The van der Waals surface area contributed by atoms with Crippen molar-refractivity contribution in [2.45, 2.75) is 25.7 Å². The van der Waals surface area contributed by atoms with Crippen LogP contribution in [0.2, 0.25) is 0 Å². The molecule has 0 saturated heterocycles. The Hall–Kier alpha value is -6.90. The topological polar surface area (TPSA) is 166 Å². The molecule has 0 atom stereocenters. The highest BCUT2D eigenvalue weighted by atomic mass is 16.2. The van der Waals surface area contributed by atoms with E-state index in [1.54, 1.807) is 97.1 Å². The number of carbonyl (C=O) groups is 4. The van der Waals surface area contributed by atoms with Crippen LogP contribution in [0.15, 0.2) is 107 Å². The van der Waals surface area contributed by atoms with Gasteiger partial charge in [-0.3, -0.25) is 37.6 Å². The Morgan fingerprint density at radius 2 is 0.828 bits per heavy atom. The molecule has 7 aromatic rings. The zero-order chi connectivity index (χ0) is 41.1. The van der Waals surface area contributed by atoms with Crippen molar-refractivity contribution in [3.63, 3.8) is 0 Å². The van der Waals surface area contributed by atoms with Crippen molar-refractivity contribution in [2.24, 2.45) is 0 Å². The summed E-state index contributed by atoms with van der Waals surface area (Å²) in [4.78, 5) is 82.6. The predicted molar refractivity (Wildman–Crippen MR) is 229 cm³/mol. The van der Waals surface area contributed by atoms with Gasteiger partial charge in [0.2, 0.25) is 11.8 Å². The van der Waals surface area contributed by atoms with Crippen LogP contribution >= 0.6 is 0 Å². The summed E-state index contributed by atoms with van der Waals surface area (Å²) in [5, 5.41) is 12.6. The molecular formula is C44H44N8O6. The minimum Gasteiger partial charge on any atom is -0.326 e. The molecule has 0 bridgehead atoms. The van der Waals surface area contributed by atoms with Gasteiger partial charge in [0.25, 0.3) is 22.9 Å². The molecule has 4 amide bonds. The van der Waals surface area contributed by atoms with Crippen molar-refractivity contribution in [1.29, 1.82) is 0 Å². The van der Waals surface area contributed by atoms with E-state index in [9.17, 15) is 28.8 Å². The largest absolute Gasteiger partial charge is 0.326 e. The van der Waals surface area contributed by atoms with Crippen LogP contribution in [0.25, 0.3) is 32.8 Å². The summed E-state index contributed by atoms with van der Waals surface area (Å²) in [6.45, 7) is 1.63. The summed E-state index contributed by atoms with van der Waals surface area (Å²) in [5.41, 5.74) is 3.53. The number of fused-ring (bicyclic) bond motifs is 6. The van der Waals surface area contributed by atoms with E-state index in [1.165, 1.54) is 8.80 Å². The van der Waals surface area contributed by atoms with Crippen LogP contribution in [0.3, 0.4) is 0 Å². The van der Waals surface area contributed by atoms with Gasteiger partial charge in [0.05, 0.1) is 11.0 Å². The van der Waals surface area contributed by atoms with E-state index in [0.717, 1.165) is 25.9 Å². The zero-order valence-electron chi connectivity index (χ0n) is 32.7. The second kappa shape index (κ2) is 16.7. The van der Waals surface area contributed by atoms with Crippen molar-refractivity contribution < 1.29 is 19.2 Å². The smallest absolute Gasteiger partial charge is 0.280 e. The lowest BCUT2D eigenvalue weighted by Gasteiger charge is -2.10. The minimum atomic E-state index is -0.391. The molecule has 14 nitrogen and oxygen atoms in total. The first-order valence-electron chi connectivity index (χ1n) is 19.0. The van der Waals surface area contributed by atoms with E-state index in [0.29, 0.717) is 68.5 Å². The van der Waals surface area contributed by atoms with Crippen molar-refractivity contribution in [1.82, 2.24) is 18.6 Å². The van der Waals surface area contributed by atoms with Crippen molar-refractivity contribution in [3.05, 3.63) is 129 Å². The monoisotopic (exact) mass is 780 g/mol. The molecule has 296 valence electrons. The fourth-order valence-corrected chi connectivity index (χ4v) is 6.94. The summed E-state index contributed by atoms with van der Waals surface area (Å²) < 4.78 is 2.76. The number of nitrogens with zero attached hydrogens (tertiary/aromatic N) is 4. The molecular weight excluding hydrogens is 737 g/mol. The fourth-order valence-electron chi connectivity index (χ4n) is 6.94. The van der Waals surface area contributed by atoms with Crippen molar-refractivity contribution in [3.8, 4) is 0 Å². The molecule has 4 N–H and O–H groups in total. The Morgan fingerprint density at radius 1 is 0.466 bits per heavy atom. The average Bonchev–Trinajstić information content (AvgIpc) is 3.76. The lowest BCUT2D eigenvalue weighted by Crippen LogP contribution is -2.25. The molecule has 0 spiro atoms. The number of nitrogens with one attached hydrogen (secondary N) is 4. The number of hydrogen-bond donors (Lipinski definition) is 4. The van der Waals surface area contributed by atoms with Crippen LogP contribution in [0.1, 0.15) is 46.4 Å². The van der Waals surface area contributed by atoms with Gasteiger partial charge in [0.1, 0.15) is 11.0 Å². The minimum absolute atomic E-state index is 0.0920. The molecule has 0 aliphatic rings. The zero-order valence-corrected chi connectivity index (χ0v) is 32.7. The normalized spacial score (nSPS) is 11.6. The standard InChI is InChI=1S/C44H44N8O6/c1-49(2)21-5-7-39(53)45-31-13-9-27(10-14-31)41(55)47-33-17-19-35-29(23-33)25-37-43(57)52-36-20-18-34(24-30(36)26-38(52)44(58)51(35)37)48-42(56)28-11-15-32(16-12-28)46-40(54)8-6-22-50(3)4/h9-20,23-26H,5-8,21-22H2,1-4H3,(H,45,53)(H,46,54)(H,47,55)(H,48,56). The third-order valence-corrected chi connectivity index (χ3v) is 9.84. The predicted octanol–water partition coefficient (Wildman–Crippen LogP) is 5.72. The highest BCUT2D eigenvalue weighted by molar-refractivity contribution is 6.07. The molecule has 0 fully saturated rings. The highest BCUT2D eigenvalue weighted by Gasteiger charge is 2.18. The Bertz CT molecular complexity index is 2610. The third-order valence-electron chi connectivity index (χ3n) is 9.84. The highest BCUT2D eigenvalue weighted by Crippen LogP contribution is 2.26. The van der Waals surface area contributed by atoms with Crippen LogP contribution in [-0.4, -0.2) is 83.5 Å². The SMILES string of the molecule is CN(C)CCCC(=O)Nc1ccc(C(=O)Nc2ccc3c(c2)cc2c(=O)n4c(cc5cc(NC(=O)c6ccc(NC(=O)CCCN(C)C)cc6)ccc54)c(=O)n23)cc1. The van der Waals surface area contributed by atoms with E-state index in [-0.39, 0.29) is 34.7 Å². The van der Waals surface area contributed by atoms with Crippen molar-refractivity contribution in [2.75, 3.05) is 62.5 Å².